The number of amides is 1. The van der Waals surface area contributed by atoms with Crippen molar-refractivity contribution in [3.05, 3.63) is 95.1 Å². The lowest BCUT2D eigenvalue weighted by Crippen LogP contribution is -2.49. The van der Waals surface area contributed by atoms with Crippen molar-refractivity contribution in [1.82, 2.24) is 9.88 Å². The van der Waals surface area contributed by atoms with Gasteiger partial charge in [-0.15, -0.1) is 0 Å². The molecule has 5 nitrogen and oxygen atoms in total. The summed E-state index contributed by atoms with van der Waals surface area (Å²) >= 11 is 1.71. The van der Waals surface area contributed by atoms with Crippen molar-refractivity contribution in [2.75, 3.05) is 31.1 Å². The molecule has 4 aromatic rings. The van der Waals surface area contributed by atoms with Crippen LogP contribution in [0.25, 0.3) is 10.2 Å². The van der Waals surface area contributed by atoms with Gasteiger partial charge in [0.2, 0.25) is 0 Å². The predicted octanol–water partition coefficient (Wildman–Crippen LogP) is 5.05. The highest BCUT2D eigenvalue weighted by Crippen LogP contribution is 2.30. The Morgan fingerprint density at radius 2 is 1.58 bits per heavy atom. The van der Waals surface area contributed by atoms with Crippen LogP contribution in [0.4, 0.5) is 5.13 Å². The third kappa shape index (κ3) is 4.26. The molecule has 1 aliphatic heterocycles. The van der Waals surface area contributed by atoms with E-state index in [0.717, 1.165) is 30.2 Å². The Bertz CT molecular complexity index is 1310. The number of thiazole rings is 1. The lowest BCUT2D eigenvalue weighted by atomic mass is 9.97. The molecule has 0 radical (unpaired) electrons. The Balaban J connectivity index is 1.31. The summed E-state index contributed by atoms with van der Waals surface area (Å²) in [7, 11) is 0. The van der Waals surface area contributed by atoms with Gasteiger partial charge in [-0.2, -0.15) is 0 Å². The average molecular weight is 456 g/mol. The van der Waals surface area contributed by atoms with E-state index in [-0.39, 0.29) is 11.7 Å². The van der Waals surface area contributed by atoms with Crippen LogP contribution >= 0.6 is 11.3 Å². The number of anilines is 1. The van der Waals surface area contributed by atoms with Gasteiger partial charge in [-0.05, 0) is 30.2 Å². The molecule has 0 bridgehead atoms. The van der Waals surface area contributed by atoms with Crippen LogP contribution in [-0.2, 0) is 6.42 Å². The number of carbonyl (C=O) groups excluding carboxylic acids is 2. The Labute approximate surface area is 197 Å². The van der Waals surface area contributed by atoms with Crippen LogP contribution < -0.4 is 4.90 Å². The highest BCUT2D eigenvalue weighted by molar-refractivity contribution is 7.22. The Morgan fingerprint density at radius 3 is 2.30 bits per heavy atom. The Morgan fingerprint density at radius 1 is 0.879 bits per heavy atom. The minimum atomic E-state index is -0.126. The third-order valence-electron chi connectivity index (χ3n) is 6.13. The molecule has 1 fully saturated rings. The van der Waals surface area contributed by atoms with Gasteiger partial charge in [-0.1, -0.05) is 72.9 Å². The summed E-state index contributed by atoms with van der Waals surface area (Å²) in [6, 6.07) is 22.7. The molecule has 0 spiro atoms. The van der Waals surface area contributed by atoms with Gasteiger partial charge in [0.05, 0.1) is 15.8 Å². The number of nitrogens with zero attached hydrogens (tertiary/aromatic N) is 3. The van der Waals surface area contributed by atoms with Gasteiger partial charge < -0.3 is 9.80 Å². The molecule has 0 saturated carbocycles. The van der Waals surface area contributed by atoms with Crippen LogP contribution in [-0.4, -0.2) is 47.8 Å². The summed E-state index contributed by atoms with van der Waals surface area (Å²) in [6.45, 7) is 4.80. The van der Waals surface area contributed by atoms with E-state index in [1.807, 2.05) is 35.2 Å². The molecule has 1 saturated heterocycles. The van der Waals surface area contributed by atoms with E-state index in [2.05, 4.69) is 30.0 Å². The molecule has 1 aromatic heterocycles. The minimum absolute atomic E-state index is 0.0913. The first-order chi connectivity index (χ1) is 16.1. The summed E-state index contributed by atoms with van der Waals surface area (Å²) in [5.74, 6) is -0.217. The van der Waals surface area contributed by atoms with E-state index in [1.54, 1.807) is 35.6 Å². The number of aromatic nitrogens is 1. The van der Waals surface area contributed by atoms with Gasteiger partial charge >= 0.3 is 0 Å². The summed E-state index contributed by atoms with van der Waals surface area (Å²) < 4.78 is 1.20. The average Bonchev–Trinajstić information content (AvgIpc) is 3.32. The number of fused-ring (bicyclic) bond motifs is 1. The van der Waals surface area contributed by atoms with Crippen LogP contribution in [0.5, 0.6) is 0 Å². The quantitative estimate of drug-likeness (QED) is 0.395. The normalized spacial score (nSPS) is 14.0. The predicted molar refractivity (Wildman–Crippen MR) is 133 cm³/mol. The zero-order valence-electron chi connectivity index (χ0n) is 18.5. The first kappa shape index (κ1) is 21.3. The van der Waals surface area contributed by atoms with Crippen molar-refractivity contribution in [2.45, 2.75) is 13.3 Å². The summed E-state index contributed by atoms with van der Waals surface area (Å²) in [5.41, 5.74) is 3.85. The van der Waals surface area contributed by atoms with Gasteiger partial charge in [-0.25, -0.2) is 4.98 Å². The van der Waals surface area contributed by atoms with Crippen molar-refractivity contribution in [2.24, 2.45) is 0 Å². The second kappa shape index (κ2) is 9.16. The fourth-order valence-corrected chi connectivity index (χ4v) is 5.28. The highest BCUT2D eigenvalue weighted by atomic mass is 32.1. The van der Waals surface area contributed by atoms with Crippen molar-refractivity contribution in [3.8, 4) is 0 Å². The highest BCUT2D eigenvalue weighted by Gasteiger charge is 2.26. The van der Waals surface area contributed by atoms with Crippen LogP contribution in [0.2, 0.25) is 0 Å². The molecule has 1 aliphatic rings. The number of benzene rings is 3. The van der Waals surface area contributed by atoms with E-state index in [0.29, 0.717) is 29.8 Å². The second-order valence-corrected chi connectivity index (χ2v) is 9.18. The number of hydrogen-bond donors (Lipinski definition) is 0. The van der Waals surface area contributed by atoms with Crippen molar-refractivity contribution >= 4 is 38.4 Å². The molecule has 0 atom stereocenters. The maximum absolute atomic E-state index is 13.4. The van der Waals surface area contributed by atoms with E-state index in [1.165, 1.54) is 10.3 Å². The van der Waals surface area contributed by atoms with E-state index >= 15 is 0 Å². The van der Waals surface area contributed by atoms with Crippen LogP contribution in [0, 0.1) is 0 Å². The molecule has 33 heavy (non-hydrogen) atoms. The summed E-state index contributed by atoms with van der Waals surface area (Å²) in [4.78, 5) is 35.3. The molecular weight excluding hydrogens is 430 g/mol. The maximum atomic E-state index is 13.4. The first-order valence-corrected chi connectivity index (χ1v) is 12.1. The molecule has 166 valence electrons. The zero-order chi connectivity index (χ0) is 22.8. The Hall–Kier alpha value is -3.51. The number of carbonyl (C=O) groups is 2. The van der Waals surface area contributed by atoms with Crippen molar-refractivity contribution in [3.63, 3.8) is 0 Å². The topological polar surface area (TPSA) is 53.5 Å². The minimum Gasteiger partial charge on any atom is -0.345 e. The van der Waals surface area contributed by atoms with Gasteiger partial charge in [0.1, 0.15) is 0 Å². The molecule has 3 aromatic carbocycles. The summed E-state index contributed by atoms with van der Waals surface area (Å²) in [6.07, 6.45) is 1.01. The number of ketones is 1. The number of piperazine rings is 1. The molecule has 0 unspecified atom stereocenters. The van der Waals surface area contributed by atoms with Crippen LogP contribution in [0.3, 0.4) is 0 Å². The smallest absolute Gasteiger partial charge is 0.254 e. The van der Waals surface area contributed by atoms with Crippen molar-refractivity contribution in [1.29, 1.82) is 0 Å². The maximum Gasteiger partial charge on any atom is 0.254 e. The van der Waals surface area contributed by atoms with Gasteiger partial charge in [-0.3, -0.25) is 9.59 Å². The molecule has 2 heterocycles. The SMILES string of the molecule is CCc1ccc2nc(N3CCN(C(=O)c4ccccc4C(=O)c4ccccc4)CC3)sc2c1. The molecule has 0 N–H and O–H groups in total. The van der Waals surface area contributed by atoms with E-state index in [4.69, 9.17) is 4.98 Å². The molecular formula is C27H25N3O2S. The zero-order valence-corrected chi connectivity index (χ0v) is 19.3. The second-order valence-electron chi connectivity index (χ2n) is 8.17. The number of aryl methyl sites for hydroxylation is 1. The van der Waals surface area contributed by atoms with Crippen LogP contribution in [0.1, 0.15) is 38.8 Å². The molecule has 1 amide bonds. The largest absolute Gasteiger partial charge is 0.345 e. The van der Waals surface area contributed by atoms with Gasteiger partial charge in [0.15, 0.2) is 10.9 Å². The third-order valence-corrected chi connectivity index (χ3v) is 7.20. The molecule has 5 rings (SSSR count). The van der Waals surface area contributed by atoms with Crippen molar-refractivity contribution < 1.29 is 9.59 Å². The first-order valence-electron chi connectivity index (χ1n) is 11.3. The summed E-state index contributed by atoms with van der Waals surface area (Å²) in [5, 5.41) is 1.00. The standard InChI is InChI=1S/C27H25N3O2S/c1-2-19-12-13-23-24(18-19)33-27(28-23)30-16-14-29(15-17-30)26(32)22-11-7-6-10-21(22)25(31)20-8-4-3-5-9-20/h3-13,18H,2,14-17H2,1H3. The van der Waals surface area contributed by atoms with Crippen LogP contribution in [0.15, 0.2) is 72.8 Å². The lowest BCUT2D eigenvalue weighted by Gasteiger charge is -2.34. The van der Waals surface area contributed by atoms with E-state index in [9.17, 15) is 9.59 Å². The fourth-order valence-electron chi connectivity index (χ4n) is 4.20. The number of hydrogen-bond acceptors (Lipinski definition) is 5. The fraction of sp³-hybridized carbons (Fsp3) is 0.222. The Kier molecular flexibility index (Phi) is 5.92. The van der Waals surface area contributed by atoms with Gasteiger partial charge in [0.25, 0.3) is 5.91 Å². The lowest BCUT2D eigenvalue weighted by molar-refractivity contribution is 0.0742. The molecule has 6 heteroatoms. The number of rotatable bonds is 5. The van der Waals surface area contributed by atoms with E-state index < -0.39 is 0 Å². The van der Waals surface area contributed by atoms with Gasteiger partial charge in [0, 0.05) is 37.3 Å². The molecule has 0 aliphatic carbocycles. The monoisotopic (exact) mass is 455 g/mol.